The first-order chi connectivity index (χ1) is 19.4. The lowest BCUT2D eigenvalue weighted by atomic mass is 10.2. The second-order valence-electron chi connectivity index (χ2n) is 9.15. The van der Waals surface area contributed by atoms with Crippen LogP contribution in [0.1, 0.15) is 16.2 Å². The number of hydroxylamine groups is 1. The number of anilines is 3. The van der Waals surface area contributed by atoms with Crippen LogP contribution < -0.4 is 21.0 Å². The third-order valence-electron chi connectivity index (χ3n) is 5.99. The molecule has 4 heterocycles. The van der Waals surface area contributed by atoms with Gasteiger partial charge in [-0.2, -0.15) is 8.42 Å². The highest BCUT2D eigenvalue weighted by molar-refractivity contribution is 7.85. The van der Waals surface area contributed by atoms with Crippen molar-refractivity contribution < 1.29 is 27.7 Å². The lowest BCUT2D eigenvalue weighted by Gasteiger charge is -2.28. The fraction of sp³-hybridized carbons (Fsp3) is 0.333. The molecule has 0 radical (unpaired) electrons. The Labute approximate surface area is 235 Å². The molecule has 3 aromatic heterocycles. The molecule has 0 bridgehead atoms. The zero-order valence-electron chi connectivity index (χ0n) is 22.6. The van der Waals surface area contributed by atoms with Gasteiger partial charge in [0.15, 0.2) is 22.8 Å². The van der Waals surface area contributed by atoms with Crippen LogP contribution in [0, 0.1) is 0 Å². The van der Waals surface area contributed by atoms with Gasteiger partial charge in [0.2, 0.25) is 5.95 Å². The van der Waals surface area contributed by atoms with Crippen molar-refractivity contribution in [3.05, 3.63) is 48.0 Å². The number of imidazole rings is 1. The average Bonchev–Trinajstić information content (AvgIpc) is 3.26. The summed E-state index contributed by atoms with van der Waals surface area (Å²) in [7, 11) is 0.0751. The number of hydrogen-bond acceptors (Lipinski definition) is 13. The van der Waals surface area contributed by atoms with Gasteiger partial charge in [-0.3, -0.25) is 14.6 Å². The number of aromatic nitrogens is 6. The normalized spacial score (nSPS) is 13.4. The summed E-state index contributed by atoms with van der Waals surface area (Å²) in [4.78, 5) is 38.6. The van der Waals surface area contributed by atoms with E-state index in [4.69, 9.17) is 35.2 Å². The summed E-state index contributed by atoms with van der Waals surface area (Å²) in [6.45, 7) is 3.04. The molecule has 1 saturated heterocycles. The van der Waals surface area contributed by atoms with Gasteiger partial charge in [0.05, 0.1) is 31.6 Å². The fourth-order valence-electron chi connectivity index (χ4n) is 3.97. The Morgan fingerprint density at radius 1 is 1.12 bits per heavy atom. The molecule has 16 nitrogen and oxygen atoms in total. The van der Waals surface area contributed by atoms with E-state index in [9.17, 15) is 13.2 Å². The van der Waals surface area contributed by atoms with E-state index < -0.39 is 16.0 Å². The Morgan fingerprint density at radius 3 is 2.32 bits per heavy atom. The van der Waals surface area contributed by atoms with Gasteiger partial charge in [0.25, 0.3) is 16.0 Å². The summed E-state index contributed by atoms with van der Waals surface area (Å²) in [6.07, 6.45) is 3.41. The van der Waals surface area contributed by atoms with E-state index in [2.05, 4.69) is 14.9 Å². The van der Waals surface area contributed by atoms with Crippen molar-refractivity contribution in [2.24, 2.45) is 7.05 Å². The molecule has 0 spiro atoms. The first kappa shape index (κ1) is 29.5. The van der Waals surface area contributed by atoms with Crippen LogP contribution in [0.25, 0.3) is 22.6 Å². The van der Waals surface area contributed by atoms with Gasteiger partial charge in [-0.25, -0.2) is 30.4 Å². The van der Waals surface area contributed by atoms with E-state index in [-0.39, 0.29) is 5.56 Å². The molecule has 0 aliphatic carbocycles. The molecule has 5 rings (SSSR count). The highest BCUT2D eigenvalue weighted by Gasteiger charge is 2.23. The molecule has 17 heteroatoms. The Morgan fingerprint density at radius 2 is 1.73 bits per heavy atom. The molecule has 0 saturated carbocycles. The van der Waals surface area contributed by atoms with E-state index in [1.54, 1.807) is 5.48 Å². The van der Waals surface area contributed by atoms with Gasteiger partial charge in [-0.05, 0) is 24.3 Å². The standard InChI is InChI=1S/C23H26N10O3.CH4O3S/c1-31(23-25-11-15(12-26-23)22(34)30-35)13-17-27-18-20(32(17)2)28-19(14-3-5-16(24)6-4-14)29-21(18)33-7-9-36-10-8-33;1-5(2,3)4/h3-6,11-12,35H,7-10,13,24H2,1-2H3,(H,30,34);1H3,(H,2,3,4). The van der Waals surface area contributed by atoms with Crippen molar-refractivity contribution >= 4 is 44.6 Å². The SMILES string of the molecule is CN(Cc1nc2c(N3CCOCC3)nc(-c3ccc(N)cc3)nc2n1C)c1ncc(C(=O)NO)cn1.CS(=O)(=O)O. The summed E-state index contributed by atoms with van der Waals surface area (Å²) >= 11 is 0. The minimum atomic E-state index is -3.67. The number of rotatable bonds is 6. The number of nitrogens with one attached hydrogen (secondary N) is 1. The molecular weight excluding hydrogens is 556 g/mol. The number of nitrogens with two attached hydrogens (primary N) is 1. The van der Waals surface area contributed by atoms with Crippen LogP contribution in [-0.2, 0) is 28.4 Å². The molecular formula is C24H30N10O6S. The van der Waals surface area contributed by atoms with E-state index in [0.717, 1.165) is 17.2 Å². The third kappa shape index (κ3) is 7.40. The van der Waals surface area contributed by atoms with Gasteiger partial charge in [0.1, 0.15) is 5.82 Å². The number of fused-ring (bicyclic) bond motifs is 1. The third-order valence-corrected chi connectivity index (χ3v) is 5.99. The van der Waals surface area contributed by atoms with Crippen molar-refractivity contribution in [2.45, 2.75) is 6.54 Å². The van der Waals surface area contributed by atoms with Crippen molar-refractivity contribution in [3.8, 4) is 11.4 Å². The number of amides is 1. The molecule has 1 aliphatic heterocycles. The Kier molecular flexibility index (Phi) is 8.92. The lowest BCUT2D eigenvalue weighted by molar-refractivity contribution is 0.0705. The topological polar surface area (TPSA) is 215 Å². The number of morpholine rings is 1. The monoisotopic (exact) mass is 586 g/mol. The molecule has 0 atom stereocenters. The fourth-order valence-corrected chi connectivity index (χ4v) is 3.97. The maximum absolute atomic E-state index is 11.5. The van der Waals surface area contributed by atoms with Crippen LogP contribution in [0.15, 0.2) is 36.7 Å². The maximum Gasteiger partial charge on any atom is 0.277 e. The van der Waals surface area contributed by atoms with Gasteiger partial charge in [0, 0.05) is 50.8 Å². The number of benzene rings is 1. The van der Waals surface area contributed by atoms with Crippen LogP contribution in [0.5, 0.6) is 0 Å². The van der Waals surface area contributed by atoms with Crippen LogP contribution in [0.3, 0.4) is 0 Å². The second kappa shape index (κ2) is 12.4. The quantitative estimate of drug-likeness (QED) is 0.105. The number of nitrogen functional groups attached to an aromatic ring is 1. The lowest BCUT2D eigenvalue weighted by Crippen LogP contribution is -2.37. The summed E-state index contributed by atoms with van der Waals surface area (Å²) in [6, 6.07) is 7.47. The zero-order valence-corrected chi connectivity index (χ0v) is 23.4. The van der Waals surface area contributed by atoms with E-state index in [1.165, 1.54) is 12.4 Å². The van der Waals surface area contributed by atoms with Gasteiger partial charge in [-0.15, -0.1) is 0 Å². The van der Waals surface area contributed by atoms with E-state index in [0.29, 0.717) is 67.7 Å². The molecule has 5 N–H and O–H groups in total. The van der Waals surface area contributed by atoms with Crippen LogP contribution >= 0.6 is 0 Å². The summed E-state index contributed by atoms with van der Waals surface area (Å²) < 4.78 is 33.3. The maximum atomic E-state index is 11.5. The van der Waals surface area contributed by atoms with E-state index in [1.807, 2.05) is 47.8 Å². The highest BCUT2D eigenvalue weighted by Crippen LogP contribution is 2.29. The number of aryl methyl sites for hydroxylation is 1. The van der Waals surface area contributed by atoms with Gasteiger partial charge in [-0.1, -0.05) is 0 Å². The predicted molar refractivity (Wildman–Crippen MR) is 150 cm³/mol. The van der Waals surface area contributed by atoms with Crippen LogP contribution in [0.4, 0.5) is 17.5 Å². The molecule has 41 heavy (non-hydrogen) atoms. The van der Waals surface area contributed by atoms with E-state index >= 15 is 0 Å². The molecule has 1 aromatic carbocycles. The molecule has 218 valence electrons. The number of ether oxygens (including phenoxy) is 1. The molecule has 1 fully saturated rings. The number of hydrogen-bond donors (Lipinski definition) is 4. The molecule has 0 unspecified atom stereocenters. The van der Waals surface area contributed by atoms with Crippen molar-refractivity contribution in [1.29, 1.82) is 0 Å². The molecule has 1 amide bonds. The van der Waals surface area contributed by atoms with Crippen molar-refractivity contribution in [1.82, 2.24) is 35.0 Å². The molecule has 1 aliphatic rings. The summed E-state index contributed by atoms with van der Waals surface area (Å²) in [5.74, 6) is 1.82. The largest absolute Gasteiger partial charge is 0.399 e. The number of nitrogens with zero attached hydrogens (tertiary/aromatic N) is 8. The Hall–Kier alpha value is -4.45. The van der Waals surface area contributed by atoms with Crippen molar-refractivity contribution in [3.63, 3.8) is 0 Å². The predicted octanol–water partition coefficient (Wildman–Crippen LogP) is 0.499. The summed E-state index contributed by atoms with van der Waals surface area (Å²) in [5, 5.41) is 8.78. The number of carbonyl (C=O) groups is 1. The zero-order chi connectivity index (χ0) is 29.7. The minimum absolute atomic E-state index is 0.151. The Balaban J connectivity index is 0.000000714. The first-order valence-corrected chi connectivity index (χ1v) is 14.1. The van der Waals surface area contributed by atoms with Gasteiger partial charge < -0.3 is 24.8 Å². The molecule has 4 aromatic rings. The first-order valence-electron chi connectivity index (χ1n) is 12.3. The second-order valence-corrected chi connectivity index (χ2v) is 10.6. The van der Waals surface area contributed by atoms with Crippen LogP contribution in [0.2, 0.25) is 0 Å². The summed E-state index contributed by atoms with van der Waals surface area (Å²) in [5.41, 5.74) is 10.5. The smallest absolute Gasteiger partial charge is 0.277 e. The number of carbonyl (C=O) groups excluding carboxylic acids is 1. The van der Waals surface area contributed by atoms with Gasteiger partial charge >= 0.3 is 0 Å². The minimum Gasteiger partial charge on any atom is -0.399 e. The highest BCUT2D eigenvalue weighted by atomic mass is 32.2. The Bertz CT molecular complexity index is 1610. The van der Waals surface area contributed by atoms with Crippen molar-refractivity contribution in [2.75, 3.05) is 55.1 Å². The van der Waals surface area contributed by atoms with Crippen LogP contribution in [-0.4, -0.2) is 93.2 Å². The average molecular weight is 587 g/mol.